The van der Waals surface area contributed by atoms with Crippen LogP contribution in [0, 0.1) is 0 Å². The maximum Gasteiger partial charge on any atom is 0.225 e. The van der Waals surface area contributed by atoms with Gasteiger partial charge >= 0.3 is 0 Å². The van der Waals surface area contributed by atoms with Crippen molar-refractivity contribution in [1.82, 2.24) is 9.78 Å². The maximum atomic E-state index is 12.5. The Hall–Kier alpha value is -2.00. The second kappa shape index (κ2) is 8.39. The molecule has 0 unspecified atom stereocenters. The molecule has 0 bridgehead atoms. The first-order valence-corrected chi connectivity index (χ1v) is 12.4. The van der Waals surface area contributed by atoms with Crippen LogP contribution in [-0.4, -0.2) is 41.4 Å². The molecular weight excluding hydrogens is 410 g/mol. The number of aromatic nitrogens is 2. The molecule has 1 saturated heterocycles. The molecule has 3 heterocycles. The third-order valence-electron chi connectivity index (χ3n) is 4.93. The van der Waals surface area contributed by atoms with Gasteiger partial charge in [-0.3, -0.25) is 9.59 Å². The number of thiophene rings is 1. The van der Waals surface area contributed by atoms with Crippen LogP contribution in [0.15, 0.2) is 23.6 Å². The summed E-state index contributed by atoms with van der Waals surface area (Å²) in [5.74, 6) is 0.541. The van der Waals surface area contributed by atoms with Gasteiger partial charge in [-0.05, 0) is 24.3 Å². The fourth-order valence-electron chi connectivity index (χ4n) is 3.28. The molecule has 0 spiro atoms. The minimum absolute atomic E-state index is 0.0381. The van der Waals surface area contributed by atoms with Crippen LogP contribution in [0.25, 0.3) is 0 Å². The monoisotopic (exact) mass is 437 g/mol. The highest BCUT2D eigenvalue weighted by Crippen LogP contribution is 2.31. The number of anilines is 1. The molecule has 1 atom stereocenters. The summed E-state index contributed by atoms with van der Waals surface area (Å²) < 4.78 is 25.4. The Labute approximate surface area is 175 Å². The molecule has 2 aromatic heterocycles. The zero-order valence-electron chi connectivity index (χ0n) is 17.0. The molecule has 1 fully saturated rings. The Morgan fingerprint density at radius 2 is 2.07 bits per heavy atom. The average molecular weight is 438 g/mol. The summed E-state index contributed by atoms with van der Waals surface area (Å²) in [5, 5.41) is 9.34. The third-order valence-corrected chi connectivity index (χ3v) is 7.59. The topological polar surface area (TPSA) is 98.1 Å². The highest BCUT2D eigenvalue weighted by Gasteiger charge is 2.32. The van der Waals surface area contributed by atoms with Crippen molar-refractivity contribution in [3.8, 4) is 0 Å². The molecule has 7 nitrogen and oxygen atoms in total. The lowest BCUT2D eigenvalue weighted by Crippen LogP contribution is -2.20. The third kappa shape index (κ3) is 5.54. The van der Waals surface area contributed by atoms with Gasteiger partial charge in [-0.1, -0.05) is 26.8 Å². The number of ketones is 1. The molecule has 0 saturated carbocycles. The Balaban J connectivity index is 1.66. The maximum absolute atomic E-state index is 12.5. The summed E-state index contributed by atoms with van der Waals surface area (Å²) in [7, 11) is -3.07. The number of hydrogen-bond acceptors (Lipinski definition) is 6. The molecule has 2 aromatic rings. The molecule has 1 amide bonds. The quantitative estimate of drug-likeness (QED) is 0.668. The van der Waals surface area contributed by atoms with Crippen molar-refractivity contribution in [2.24, 2.45) is 0 Å². The van der Waals surface area contributed by atoms with E-state index in [2.05, 4.69) is 10.4 Å². The van der Waals surface area contributed by atoms with Gasteiger partial charge in [-0.15, -0.1) is 11.3 Å². The largest absolute Gasteiger partial charge is 0.311 e. The summed E-state index contributed by atoms with van der Waals surface area (Å²) in [6.07, 6.45) is 1.49. The summed E-state index contributed by atoms with van der Waals surface area (Å²) in [6, 6.07) is 5.17. The van der Waals surface area contributed by atoms with E-state index < -0.39 is 9.84 Å². The van der Waals surface area contributed by atoms with Crippen LogP contribution >= 0.6 is 11.3 Å². The zero-order valence-corrected chi connectivity index (χ0v) is 18.6. The van der Waals surface area contributed by atoms with Crippen molar-refractivity contribution >= 4 is 38.7 Å². The number of hydrogen-bond donors (Lipinski definition) is 1. The Morgan fingerprint density at radius 3 is 2.66 bits per heavy atom. The first kappa shape index (κ1) is 21.7. The van der Waals surface area contributed by atoms with Gasteiger partial charge in [-0.25, -0.2) is 13.1 Å². The van der Waals surface area contributed by atoms with Crippen LogP contribution < -0.4 is 5.32 Å². The van der Waals surface area contributed by atoms with Crippen LogP contribution in [0.4, 0.5) is 5.82 Å². The number of Topliss-reactive ketones (excluding diaryl/α,β-unsaturated/α-hetero) is 1. The predicted molar refractivity (Wildman–Crippen MR) is 114 cm³/mol. The smallest absolute Gasteiger partial charge is 0.225 e. The zero-order chi connectivity index (χ0) is 21.2. The number of sulfone groups is 1. The van der Waals surface area contributed by atoms with Gasteiger partial charge in [0, 0.05) is 24.3 Å². The summed E-state index contributed by atoms with van der Waals surface area (Å²) >= 11 is 1.40. The lowest BCUT2D eigenvalue weighted by molar-refractivity contribution is -0.116. The second-order valence-corrected chi connectivity index (χ2v) is 11.6. The molecule has 158 valence electrons. The van der Waals surface area contributed by atoms with Crippen LogP contribution in [0.3, 0.4) is 0 Å². The molecule has 1 N–H and O–H groups in total. The highest BCUT2D eigenvalue weighted by molar-refractivity contribution is 7.91. The molecule has 1 aliphatic heterocycles. The summed E-state index contributed by atoms with van der Waals surface area (Å²) in [4.78, 5) is 25.2. The number of rotatable bonds is 7. The number of nitrogens with zero attached hydrogens (tertiary/aromatic N) is 2. The highest BCUT2D eigenvalue weighted by atomic mass is 32.2. The second-order valence-electron chi connectivity index (χ2n) is 8.47. The standard InChI is InChI=1S/C20H27N3O4S2/c1-20(2,3)17-12-18(23(22-17)14-9-11-29(26,27)13-14)21-19(25)8-4-6-15(24)16-7-5-10-28-16/h5,7,10,12,14H,4,6,8-9,11,13H2,1-3H3,(H,21,25)/t14-/m0/s1. The minimum atomic E-state index is -3.07. The van der Waals surface area contributed by atoms with E-state index in [0.717, 1.165) is 5.69 Å². The van der Waals surface area contributed by atoms with E-state index in [-0.39, 0.29) is 41.1 Å². The molecule has 29 heavy (non-hydrogen) atoms. The summed E-state index contributed by atoms with van der Waals surface area (Å²) in [6.45, 7) is 6.06. The Bertz CT molecular complexity index is 986. The number of amides is 1. The average Bonchev–Trinajstić information content (AvgIpc) is 3.33. The minimum Gasteiger partial charge on any atom is -0.311 e. The van der Waals surface area contributed by atoms with E-state index in [4.69, 9.17) is 0 Å². The molecule has 3 rings (SSSR count). The fraction of sp³-hybridized carbons (Fsp3) is 0.550. The van der Waals surface area contributed by atoms with Gasteiger partial charge in [0.25, 0.3) is 0 Å². The first-order valence-electron chi connectivity index (χ1n) is 9.72. The number of carbonyl (C=O) groups excluding carboxylic acids is 2. The van der Waals surface area contributed by atoms with E-state index in [0.29, 0.717) is 30.0 Å². The fourth-order valence-corrected chi connectivity index (χ4v) is 5.66. The molecule has 0 aliphatic carbocycles. The molecular formula is C20H27N3O4S2. The molecule has 9 heteroatoms. The van der Waals surface area contributed by atoms with Crippen molar-refractivity contribution < 1.29 is 18.0 Å². The van der Waals surface area contributed by atoms with Crippen molar-refractivity contribution in [3.05, 3.63) is 34.2 Å². The van der Waals surface area contributed by atoms with Gasteiger partial charge in [0.1, 0.15) is 5.82 Å². The van der Waals surface area contributed by atoms with Gasteiger partial charge < -0.3 is 5.32 Å². The lowest BCUT2D eigenvalue weighted by atomic mass is 9.92. The lowest BCUT2D eigenvalue weighted by Gasteiger charge is -2.15. The van der Waals surface area contributed by atoms with Crippen LogP contribution in [0.2, 0.25) is 0 Å². The van der Waals surface area contributed by atoms with Crippen molar-refractivity contribution in [2.45, 2.75) is 57.9 Å². The first-order chi connectivity index (χ1) is 13.5. The number of nitrogens with one attached hydrogen (secondary N) is 1. The van der Waals surface area contributed by atoms with Crippen LogP contribution in [0.5, 0.6) is 0 Å². The predicted octanol–water partition coefficient (Wildman–Crippen LogP) is 3.59. The van der Waals surface area contributed by atoms with Gasteiger partial charge in [-0.2, -0.15) is 5.10 Å². The van der Waals surface area contributed by atoms with E-state index in [1.54, 1.807) is 10.7 Å². The molecule has 1 aliphatic rings. The summed E-state index contributed by atoms with van der Waals surface area (Å²) in [5.41, 5.74) is 0.569. The van der Waals surface area contributed by atoms with Crippen LogP contribution in [0.1, 0.15) is 67.9 Å². The normalized spacial score (nSPS) is 18.7. The van der Waals surface area contributed by atoms with E-state index in [1.165, 1.54) is 11.3 Å². The molecule has 0 radical (unpaired) electrons. The Kier molecular flexibility index (Phi) is 6.28. The van der Waals surface area contributed by atoms with Gasteiger partial charge in [0.05, 0.1) is 28.1 Å². The van der Waals surface area contributed by atoms with Crippen molar-refractivity contribution in [1.29, 1.82) is 0 Å². The SMILES string of the molecule is CC(C)(C)c1cc(NC(=O)CCCC(=O)c2cccs2)n([C@H]2CCS(=O)(=O)C2)n1. The van der Waals surface area contributed by atoms with Crippen LogP contribution in [-0.2, 0) is 20.0 Å². The van der Waals surface area contributed by atoms with E-state index in [1.807, 2.05) is 38.3 Å². The van der Waals surface area contributed by atoms with Gasteiger partial charge in [0.15, 0.2) is 15.6 Å². The van der Waals surface area contributed by atoms with E-state index >= 15 is 0 Å². The van der Waals surface area contributed by atoms with Crippen molar-refractivity contribution in [3.63, 3.8) is 0 Å². The number of carbonyl (C=O) groups is 2. The van der Waals surface area contributed by atoms with Gasteiger partial charge in [0.2, 0.25) is 5.91 Å². The molecule has 0 aromatic carbocycles. The Morgan fingerprint density at radius 1 is 1.31 bits per heavy atom. The van der Waals surface area contributed by atoms with Crippen molar-refractivity contribution in [2.75, 3.05) is 16.8 Å². The van der Waals surface area contributed by atoms with E-state index in [9.17, 15) is 18.0 Å².